The summed E-state index contributed by atoms with van der Waals surface area (Å²) in [5.74, 6) is 0.729. The van der Waals surface area contributed by atoms with Crippen LogP contribution in [0.2, 0.25) is 5.02 Å². The van der Waals surface area contributed by atoms with Gasteiger partial charge in [-0.1, -0.05) is 27.5 Å². The van der Waals surface area contributed by atoms with Crippen molar-refractivity contribution in [1.29, 1.82) is 0 Å². The molecule has 0 fully saturated rings. The van der Waals surface area contributed by atoms with Crippen molar-refractivity contribution in [1.82, 2.24) is 0 Å². The van der Waals surface area contributed by atoms with Gasteiger partial charge in [-0.15, -0.1) is 0 Å². The van der Waals surface area contributed by atoms with E-state index < -0.39 is 0 Å². The van der Waals surface area contributed by atoms with Gasteiger partial charge in [0.25, 0.3) is 0 Å². The van der Waals surface area contributed by atoms with Crippen LogP contribution in [-0.4, -0.2) is 12.9 Å². The number of hydrogen-bond acceptors (Lipinski definition) is 2. The van der Waals surface area contributed by atoms with Crippen molar-refractivity contribution >= 4 is 55.9 Å². The summed E-state index contributed by atoms with van der Waals surface area (Å²) >= 11 is 11.5. The first-order chi connectivity index (χ1) is 9.51. The monoisotopic (exact) mass is 464 g/mol. The van der Waals surface area contributed by atoms with E-state index in [2.05, 4.69) is 38.5 Å². The average Bonchev–Trinajstić information content (AvgIpc) is 2.41. The number of halogens is 3. The molecule has 0 N–H and O–H groups in total. The van der Waals surface area contributed by atoms with Gasteiger partial charge in [-0.3, -0.25) is 4.79 Å². The lowest BCUT2D eigenvalue weighted by Crippen LogP contribution is -2.07. The fourth-order valence-corrected chi connectivity index (χ4v) is 3.08. The first-order valence-electron chi connectivity index (χ1n) is 5.82. The predicted octanol–water partition coefficient (Wildman–Crippen LogP) is 5.14. The van der Waals surface area contributed by atoms with Crippen molar-refractivity contribution in [3.05, 3.63) is 60.6 Å². The smallest absolute Gasteiger partial charge is 0.168 e. The van der Waals surface area contributed by atoms with Crippen LogP contribution in [0.5, 0.6) is 5.75 Å². The summed E-state index contributed by atoms with van der Waals surface area (Å²) in [5.41, 5.74) is 1.49. The Balaban J connectivity index is 2.32. The second kappa shape index (κ2) is 6.91. The van der Waals surface area contributed by atoms with Crippen LogP contribution in [-0.2, 0) is 6.42 Å². The minimum atomic E-state index is 0.0216. The number of rotatable bonds is 4. The lowest BCUT2D eigenvalue weighted by atomic mass is 10.0. The third kappa shape index (κ3) is 3.74. The second-order valence-corrected chi connectivity index (χ2v) is 6.69. The summed E-state index contributed by atoms with van der Waals surface area (Å²) in [6.45, 7) is 0. The molecule has 2 rings (SSSR count). The van der Waals surface area contributed by atoms with Gasteiger partial charge in [0.2, 0.25) is 0 Å². The third-order valence-electron chi connectivity index (χ3n) is 2.82. The topological polar surface area (TPSA) is 26.3 Å². The summed E-state index contributed by atoms with van der Waals surface area (Å²) in [6.07, 6.45) is 0.277. The van der Waals surface area contributed by atoms with Crippen molar-refractivity contribution in [3.63, 3.8) is 0 Å². The Morgan fingerprint density at radius 3 is 2.75 bits per heavy atom. The Kier molecular flexibility index (Phi) is 5.46. The van der Waals surface area contributed by atoms with Crippen LogP contribution in [0.25, 0.3) is 0 Å². The van der Waals surface area contributed by atoms with Gasteiger partial charge < -0.3 is 4.74 Å². The number of carbonyl (C=O) groups excluding carboxylic acids is 1. The molecular formula is C15H11BrClIO2. The van der Waals surface area contributed by atoms with Crippen molar-refractivity contribution < 1.29 is 9.53 Å². The van der Waals surface area contributed by atoms with Crippen molar-refractivity contribution in [2.45, 2.75) is 6.42 Å². The van der Waals surface area contributed by atoms with Crippen LogP contribution in [0, 0.1) is 3.57 Å². The van der Waals surface area contributed by atoms with Gasteiger partial charge in [0.1, 0.15) is 5.75 Å². The zero-order chi connectivity index (χ0) is 14.7. The Bertz CT molecular complexity index is 658. The van der Waals surface area contributed by atoms with E-state index in [4.69, 9.17) is 16.3 Å². The Morgan fingerprint density at radius 2 is 2.05 bits per heavy atom. The predicted molar refractivity (Wildman–Crippen MR) is 92.9 cm³/mol. The van der Waals surface area contributed by atoms with Gasteiger partial charge in [0, 0.05) is 30.6 Å². The van der Waals surface area contributed by atoms with Crippen LogP contribution in [0.4, 0.5) is 0 Å². The van der Waals surface area contributed by atoms with Gasteiger partial charge in [0.05, 0.1) is 7.11 Å². The molecule has 0 heterocycles. The van der Waals surface area contributed by atoms with Gasteiger partial charge in [-0.05, 0) is 59.0 Å². The van der Waals surface area contributed by atoms with E-state index in [-0.39, 0.29) is 12.2 Å². The van der Waals surface area contributed by atoms with E-state index in [1.807, 2.05) is 24.3 Å². The Morgan fingerprint density at radius 1 is 1.30 bits per heavy atom. The molecule has 0 aliphatic carbocycles. The zero-order valence-corrected chi connectivity index (χ0v) is 15.1. The van der Waals surface area contributed by atoms with Crippen LogP contribution >= 0.6 is 50.1 Å². The minimum Gasteiger partial charge on any atom is -0.496 e. The molecule has 0 unspecified atom stereocenters. The molecular weight excluding hydrogens is 454 g/mol. The molecule has 20 heavy (non-hydrogen) atoms. The quantitative estimate of drug-likeness (QED) is 0.462. The van der Waals surface area contributed by atoms with Crippen LogP contribution in [0.15, 0.2) is 40.9 Å². The standard InChI is InChI=1S/C15H11BrClIO2/c1-20-15-5-2-10(16)6-9(15)7-14(19)12-8-11(17)3-4-13(12)18/h2-6,8H,7H2,1H3. The van der Waals surface area contributed by atoms with Gasteiger partial charge in [0.15, 0.2) is 5.78 Å². The molecule has 5 heteroatoms. The molecule has 104 valence electrons. The number of ketones is 1. The number of ether oxygens (including phenoxy) is 1. The summed E-state index contributed by atoms with van der Waals surface area (Å²) < 4.78 is 7.10. The third-order valence-corrected chi connectivity index (χ3v) is 4.49. The average molecular weight is 466 g/mol. The summed E-state index contributed by atoms with van der Waals surface area (Å²) in [5, 5.41) is 0.565. The van der Waals surface area contributed by atoms with Gasteiger partial charge in [-0.25, -0.2) is 0 Å². The molecule has 0 spiro atoms. The Hall–Kier alpha value is -0.590. The zero-order valence-electron chi connectivity index (χ0n) is 10.6. The second-order valence-electron chi connectivity index (χ2n) is 4.18. The fourth-order valence-electron chi connectivity index (χ4n) is 1.86. The van der Waals surface area contributed by atoms with E-state index >= 15 is 0 Å². The summed E-state index contributed by atoms with van der Waals surface area (Å²) in [7, 11) is 1.60. The molecule has 0 atom stereocenters. The molecule has 0 bridgehead atoms. The molecule has 2 aromatic rings. The number of methoxy groups -OCH3 is 1. The molecule has 0 aromatic heterocycles. The minimum absolute atomic E-state index is 0.0216. The SMILES string of the molecule is COc1ccc(Br)cc1CC(=O)c1cc(Cl)ccc1I. The highest BCUT2D eigenvalue weighted by Crippen LogP contribution is 2.26. The van der Waals surface area contributed by atoms with E-state index in [1.165, 1.54) is 0 Å². The maximum Gasteiger partial charge on any atom is 0.168 e. The number of benzene rings is 2. The molecule has 2 aromatic carbocycles. The molecule has 0 radical (unpaired) electrons. The van der Waals surface area contributed by atoms with Gasteiger partial charge in [-0.2, -0.15) is 0 Å². The normalized spacial score (nSPS) is 10.4. The first kappa shape index (κ1) is 15.8. The number of carbonyl (C=O) groups is 1. The largest absolute Gasteiger partial charge is 0.496 e. The van der Waals surface area contributed by atoms with Crippen LogP contribution in [0.3, 0.4) is 0 Å². The number of Topliss-reactive ketones (excluding diaryl/α,β-unsaturated/α-hetero) is 1. The molecule has 0 aliphatic rings. The lowest BCUT2D eigenvalue weighted by molar-refractivity contribution is 0.0991. The fraction of sp³-hybridized carbons (Fsp3) is 0.133. The summed E-state index contributed by atoms with van der Waals surface area (Å²) in [4.78, 5) is 12.4. The lowest BCUT2D eigenvalue weighted by Gasteiger charge is -2.09. The molecule has 0 saturated heterocycles. The molecule has 0 amide bonds. The maximum atomic E-state index is 12.4. The highest BCUT2D eigenvalue weighted by molar-refractivity contribution is 14.1. The van der Waals surface area contributed by atoms with E-state index in [9.17, 15) is 4.79 Å². The van der Waals surface area contributed by atoms with E-state index in [0.717, 1.165) is 13.6 Å². The Labute approximate surface area is 144 Å². The van der Waals surface area contributed by atoms with Crippen molar-refractivity contribution in [2.75, 3.05) is 7.11 Å². The van der Waals surface area contributed by atoms with E-state index in [1.54, 1.807) is 19.2 Å². The van der Waals surface area contributed by atoms with Crippen molar-refractivity contribution in [2.24, 2.45) is 0 Å². The molecule has 0 aliphatic heterocycles. The van der Waals surface area contributed by atoms with E-state index in [0.29, 0.717) is 16.3 Å². The molecule has 0 saturated carbocycles. The molecule has 2 nitrogen and oxygen atoms in total. The van der Waals surface area contributed by atoms with Crippen LogP contribution < -0.4 is 4.74 Å². The number of hydrogen-bond donors (Lipinski definition) is 0. The van der Waals surface area contributed by atoms with Gasteiger partial charge >= 0.3 is 0 Å². The van der Waals surface area contributed by atoms with Crippen molar-refractivity contribution in [3.8, 4) is 5.75 Å². The summed E-state index contributed by atoms with van der Waals surface area (Å²) in [6, 6.07) is 10.9. The highest BCUT2D eigenvalue weighted by atomic mass is 127. The van der Waals surface area contributed by atoms with Crippen LogP contribution in [0.1, 0.15) is 15.9 Å². The maximum absolute atomic E-state index is 12.4. The first-order valence-corrected chi connectivity index (χ1v) is 8.07. The highest BCUT2D eigenvalue weighted by Gasteiger charge is 2.14.